The van der Waals surface area contributed by atoms with E-state index in [-0.39, 0.29) is 30.3 Å². The summed E-state index contributed by atoms with van der Waals surface area (Å²) in [6.45, 7) is 2.40. The summed E-state index contributed by atoms with van der Waals surface area (Å²) < 4.78 is 15.3. The molecule has 6 nitrogen and oxygen atoms in total. The Morgan fingerprint density at radius 3 is 2.52 bits per heavy atom. The molecular formula is C17H23NO5. The van der Waals surface area contributed by atoms with E-state index in [4.69, 9.17) is 14.2 Å². The highest BCUT2D eigenvalue weighted by atomic mass is 16.5. The van der Waals surface area contributed by atoms with Crippen LogP contribution < -0.4 is 9.47 Å². The molecule has 1 aromatic carbocycles. The second kappa shape index (κ2) is 7.35. The Morgan fingerprint density at radius 2 is 1.96 bits per heavy atom. The number of ether oxygens (including phenoxy) is 3. The molecule has 23 heavy (non-hydrogen) atoms. The number of methoxy groups -OCH3 is 3. The van der Waals surface area contributed by atoms with Gasteiger partial charge in [0.1, 0.15) is 0 Å². The van der Waals surface area contributed by atoms with E-state index in [1.54, 1.807) is 19.1 Å². The number of carbonyl (C=O) groups excluding carboxylic acids is 2. The molecule has 0 aromatic heterocycles. The molecule has 0 bridgehead atoms. The summed E-state index contributed by atoms with van der Waals surface area (Å²) in [5, 5.41) is 0. The SMILES string of the molecule is CCC(c1ccc(OC)c(OC)c1)N1CC(C(=O)OC)CC1=O. The predicted octanol–water partition coefficient (Wildman–Crippen LogP) is 2.18. The summed E-state index contributed by atoms with van der Waals surface area (Å²) in [5.74, 6) is 0.526. The summed E-state index contributed by atoms with van der Waals surface area (Å²) in [5.41, 5.74) is 0.962. The molecule has 1 saturated heterocycles. The van der Waals surface area contributed by atoms with Crippen molar-refractivity contribution in [3.8, 4) is 11.5 Å². The molecule has 1 aromatic rings. The van der Waals surface area contributed by atoms with Crippen molar-refractivity contribution < 1.29 is 23.8 Å². The van der Waals surface area contributed by atoms with E-state index in [1.807, 2.05) is 25.1 Å². The molecule has 1 amide bonds. The van der Waals surface area contributed by atoms with E-state index in [0.717, 1.165) is 12.0 Å². The van der Waals surface area contributed by atoms with Crippen LogP contribution in [0.4, 0.5) is 0 Å². The van der Waals surface area contributed by atoms with E-state index in [2.05, 4.69) is 0 Å². The van der Waals surface area contributed by atoms with Crippen LogP contribution in [0.5, 0.6) is 11.5 Å². The molecule has 1 fully saturated rings. The van der Waals surface area contributed by atoms with Crippen molar-refractivity contribution in [2.24, 2.45) is 5.92 Å². The van der Waals surface area contributed by atoms with Gasteiger partial charge in [-0.15, -0.1) is 0 Å². The first-order valence-corrected chi connectivity index (χ1v) is 7.64. The van der Waals surface area contributed by atoms with Gasteiger partial charge in [-0.2, -0.15) is 0 Å². The van der Waals surface area contributed by atoms with Crippen LogP contribution in [0.25, 0.3) is 0 Å². The molecule has 2 rings (SSSR count). The Hall–Kier alpha value is -2.24. The molecule has 0 spiro atoms. The molecule has 0 saturated carbocycles. The zero-order valence-corrected chi connectivity index (χ0v) is 14.0. The fourth-order valence-electron chi connectivity index (χ4n) is 3.05. The molecule has 1 aliphatic rings. The lowest BCUT2D eigenvalue weighted by Crippen LogP contribution is -2.31. The minimum absolute atomic E-state index is 0.0259. The maximum atomic E-state index is 12.3. The Kier molecular flexibility index (Phi) is 5.47. The zero-order chi connectivity index (χ0) is 17.0. The molecular weight excluding hydrogens is 298 g/mol. The van der Waals surface area contributed by atoms with Gasteiger partial charge in [-0.05, 0) is 24.1 Å². The van der Waals surface area contributed by atoms with Gasteiger partial charge >= 0.3 is 5.97 Å². The van der Waals surface area contributed by atoms with Crippen molar-refractivity contribution in [3.63, 3.8) is 0 Å². The van der Waals surface area contributed by atoms with Crippen molar-refractivity contribution in [1.29, 1.82) is 0 Å². The Morgan fingerprint density at radius 1 is 1.26 bits per heavy atom. The third-order valence-corrected chi connectivity index (χ3v) is 4.25. The number of hydrogen-bond acceptors (Lipinski definition) is 5. The van der Waals surface area contributed by atoms with Gasteiger partial charge in [0.25, 0.3) is 0 Å². The number of benzene rings is 1. The predicted molar refractivity (Wildman–Crippen MR) is 84.4 cm³/mol. The van der Waals surface area contributed by atoms with Crippen LogP contribution >= 0.6 is 0 Å². The molecule has 0 N–H and O–H groups in total. The highest BCUT2D eigenvalue weighted by Gasteiger charge is 2.38. The number of carbonyl (C=O) groups is 2. The fourth-order valence-corrected chi connectivity index (χ4v) is 3.05. The minimum atomic E-state index is -0.387. The lowest BCUT2D eigenvalue weighted by molar-refractivity contribution is -0.145. The second-order valence-corrected chi connectivity index (χ2v) is 5.51. The van der Waals surface area contributed by atoms with Crippen molar-refractivity contribution in [1.82, 2.24) is 4.90 Å². The lowest BCUT2D eigenvalue weighted by Gasteiger charge is -2.28. The first-order chi connectivity index (χ1) is 11.0. The summed E-state index contributed by atoms with van der Waals surface area (Å²) in [6.07, 6.45) is 0.950. The summed E-state index contributed by atoms with van der Waals surface area (Å²) >= 11 is 0. The Bertz CT molecular complexity index is 586. The third kappa shape index (κ3) is 3.41. The van der Waals surface area contributed by atoms with Gasteiger partial charge in [-0.3, -0.25) is 9.59 Å². The smallest absolute Gasteiger partial charge is 0.310 e. The molecule has 2 unspecified atom stereocenters. The summed E-state index contributed by atoms with van der Waals surface area (Å²) in [7, 11) is 4.51. The number of esters is 1. The lowest BCUT2D eigenvalue weighted by atomic mass is 10.0. The minimum Gasteiger partial charge on any atom is -0.493 e. The Balaban J connectivity index is 2.26. The average Bonchev–Trinajstić information content (AvgIpc) is 2.96. The first-order valence-electron chi connectivity index (χ1n) is 7.64. The third-order valence-electron chi connectivity index (χ3n) is 4.25. The van der Waals surface area contributed by atoms with Gasteiger partial charge in [0.05, 0.1) is 33.3 Å². The monoisotopic (exact) mass is 321 g/mol. The van der Waals surface area contributed by atoms with Gasteiger partial charge in [-0.25, -0.2) is 0 Å². The van der Waals surface area contributed by atoms with E-state index >= 15 is 0 Å². The van der Waals surface area contributed by atoms with E-state index in [9.17, 15) is 9.59 Å². The van der Waals surface area contributed by atoms with Crippen LogP contribution in [0.3, 0.4) is 0 Å². The van der Waals surface area contributed by atoms with Crippen LogP contribution in [0.2, 0.25) is 0 Å². The molecule has 126 valence electrons. The van der Waals surface area contributed by atoms with Gasteiger partial charge in [0.15, 0.2) is 11.5 Å². The highest BCUT2D eigenvalue weighted by Crippen LogP contribution is 2.36. The van der Waals surface area contributed by atoms with E-state index in [1.165, 1.54) is 7.11 Å². The summed E-state index contributed by atoms with van der Waals surface area (Å²) in [6, 6.07) is 5.53. The molecule has 6 heteroatoms. The van der Waals surface area contributed by atoms with Gasteiger partial charge < -0.3 is 19.1 Å². The largest absolute Gasteiger partial charge is 0.493 e. The van der Waals surface area contributed by atoms with E-state index in [0.29, 0.717) is 18.0 Å². The maximum Gasteiger partial charge on any atom is 0.310 e. The highest BCUT2D eigenvalue weighted by molar-refractivity contribution is 5.87. The average molecular weight is 321 g/mol. The quantitative estimate of drug-likeness (QED) is 0.751. The van der Waals surface area contributed by atoms with Gasteiger partial charge in [0, 0.05) is 13.0 Å². The van der Waals surface area contributed by atoms with Crippen molar-refractivity contribution in [2.75, 3.05) is 27.9 Å². The van der Waals surface area contributed by atoms with Crippen LogP contribution in [-0.4, -0.2) is 44.7 Å². The maximum absolute atomic E-state index is 12.3. The topological polar surface area (TPSA) is 65.1 Å². The van der Waals surface area contributed by atoms with Crippen LogP contribution in [-0.2, 0) is 14.3 Å². The zero-order valence-electron chi connectivity index (χ0n) is 14.0. The number of nitrogens with zero attached hydrogens (tertiary/aromatic N) is 1. The fraction of sp³-hybridized carbons (Fsp3) is 0.529. The normalized spacial score (nSPS) is 18.7. The first kappa shape index (κ1) is 17.1. The van der Waals surface area contributed by atoms with Crippen LogP contribution in [0.15, 0.2) is 18.2 Å². The standard InChI is InChI=1S/C17H23NO5/c1-5-13(11-6-7-14(21-2)15(8-11)22-3)18-10-12(9-16(18)19)17(20)23-4/h6-8,12-13H,5,9-10H2,1-4H3. The summed E-state index contributed by atoms with van der Waals surface area (Å²) in [4.78, 5) is 25.8. The van der Waals surface area contributed by atoms with Crippen LogP contribution in [0.1, 0.15) is 31.4 Å². The van der Waals surface area contributed by atoms with Gasteiger partial charge in [-0.1, -0.05) is 13.0 Å². The van der Waals surface area contributed by atoms with E-state index < -0.39 is 0 Å². The molecule has 1 aliphatic heterocycles. The van der Waals surface area contributed by atoms with Gasteiger partial charge in [0.2, 0.25) is 5.91 Å². The van der Waals surface area contributed by atoms with Crippen molar-refractivity contribution in [3.05, 3.63) is 23.8 Å². The molecule has 1 heterocycles. The molecule has 2 atom stereocenters. The number of hydrogen-bond donors (Lipinski definition) is 0. The number of amides is 1. The van der Waals surface area contributed by atoms with Crippen LogP contribution in [0, 0.1) is 5.92 Å². The Labute approximate surface area is 136 Å². The van der Waals surface area contributed by atoms with Crippen molar-refractivity contribution in [2.45, 2.75) is 25.8 Å². The molecule has 0 radical (unpaired) electrons. The number of rotatable bonds is 6. The second-order valence-electron chi connectivity index (χ2n) is 5.51. The molecule has 0 aliphatic carbocycles. The van der Waals surface area contributed by atoms with Crippen molar-refractivity contribution >= 4 is 11.9 Å². The number of likely N-dealkylation sites (tertiary alicyclic amines) is 1.